The van der Waals surface area contributed by atoms with Crippen molar-refractivity contribution in [3.63, 3.8) is 0 Å². The number of amides is 1. The van der Waals surface area contributed by atoms with Gasteiger partial charge in [0.25, 0.3) is 17.2 Å². The highest BCUT2D eigenvalue weighted by molar-refractivity contribution is 6.30. The third kappa shape index (κ3) is 4.82. The maximum atomic E-state index is 13.6. The van der Waals surface area contributed by atoms with E-state index in [1.165, 1.54) is 9.42 Å². The van der Waals surface area contributed by atoms with Crippen LogP contribution in [-0.2, 0) is 13.0 Å². The van der Waals surface area contributed by atoms with Crippen LogP contribution in [0.3, 0.4) is 0 Å². The first-order valence-corrected chi connectivity index (χ1v) is 11.5. The van der Waals surface area contributed by atoms with Gasteiger partial charge in [0, 0.05) is 16.1 Å². The molecule has 0 aliphatic heterocycles. The van der Waals surface area contributed by atoms with Crippen molar-refractivity contribution in [3.05, 3.63) is 86.3 Å². The molecule has 1 amide bonds. The fourth-order valence-electron chi connectivity index (χ4n) is 3.76. The average Bonchev–Trinajstić information content (AvgIpc) is 3.26. The number of benzene rings is 2. The second kappa shape index (κ2) is 10.1. The normalized spacial score (nSPS) is 11.1. The summed E-state index contributed by atoms with van der Waals surface area (Å²) < 4.78 is 6.51. The number of carbonyl (C=O) groups excluding carboxylic acids is 1. The van der Waals surface area contributed by atoms with Crippen molar-refractivity contribution in [1.82, 2.24) is 19.6 Å². The van der Waals surface area contributed by atoms with Gasteiger partial charge < -0.3 is 4.74 Å². The number of halogens is 1. The maximum Gasteiger partial charge on any atom is 0.277 e. The molecule has 2 aromatic carbocycles. The number of H-pyrrole nitrogens is 1. The van der Waals surface area contributed by atoms with Gasteiger partial charge in [0.1, 0.15) is 5.75 Å². The lowest BCUT2D eigenvalue weighted by Crippen LogP contribution is -2.31. The van der Waals surface area contributed by atoms with E-state index in [-0.39, 0.29) is 29.7 Å². The molecule has 0 radical (unpaired) electrons. The number of aryl methyl sites for hydroxylation is 1. The zero-order valence-corrected chi connectivity index (χ0v) is 20.1. The number of hydrogen-bond donors (Lipinski definition) is 1. The lowest BCUT2D eigenvalue weighted by atomic mass is 10.1. The van der Waals surface area contributed by atoms with Crippen molar-refractivity contribution in [2.24, 2.45) is 0 Å². The van der Waals surface area contributed by atoms with E-state index in [2.05, 4.69) is 22.0 Å². The fourth-order valence-corrected chi connectivity index (χ4v) is 3.97. The van der Waals surface area contributed by atoms with Crippen molar-refractivity contribution in [2.75, 3.05) is 12.0 Å². The molecule has 176 valence electrons. The number of hydrogen-bond acceptors (Lipinski definition) is 5. The smallest absolute Gasteiger partial charge is 0.277 e. The molecule has 4 aromatic rings. The summed E-state index contributed by atoms with van der Waals surface area (Å²) in [7, 11) is 1.57. The number of nitrogens with zero attached hydrogens (tertiary/aromatic N) is 4. The highest BCUT2D eigenvalue weighted by Crippen LogP contribution is 2.21. The minimum atomic E-state index is -0.294. The molecule has 0 unspecified atom stereocenters. The molecular formula is C25H26ClN5O3. The first-order chi connectivity index (χ1) is 16.4. The summed E-state index contributed by atoms with van der Waals surface area (Å²) in [5, 5.41) is 3.56. The molecule has 9 heteroatoms. The molecule has 4 rings (SSSR count). The molecule has 0 saturated carbocycles. The lowest BCUT2D eigenvalue weighted by molar-refractivity contribution is 0.0983. The van der Waals surface area contributed by atoms with Gasteiger partial charge in [-0.3, -0.25) is 19.6 Å². The molecule has 1 N–H and O–H groups in total. The summed E-state index contributed by atoms with van der Waals surface area (Å²) in [4.78, 5) is 37.2. The van der Waals surface area contributed by atoms with Crippen LogP contribution in [0.4, 0.5) is 5.95 Å². The minimum absolute atomic E-state index is 0.196. The summed E-state index contributed by atoms with van der Waals surface area (Å²) in [6, 6.07) is 14.1. The van der Waals surface area contributed by atoms with E-state index in [0.717, 1.165) is 18.4 Å². The van der Waals surface area contributed by atoms with Crippen LogP contribution in [0.5, 0.6) is 5.75 Å². The van der Waals surface area contributed by atoms with Gasteiger partial charge in [0.15, 0.2) is 0 Å². The molecule has 0 atom stereocenters. The monoisotopic (exact) mass is 479 g/mol. The van der Waals surface area contributed by atoms with Gasteiger partial charge in [0.05, 0.1) is 19.3 Å². The molecular weight excluding hydrogens is 454 g/mol. The average molecular weight is 480 g/mol. The van der Waals surface area contributed by atoms with Crippen LogP contribution in [0, 0.1) is 6.92 Å². The Hall–Kier alpha value is -3.65. The van der Waals surface area contributed by atoms with E-state index in [4.69, 9.17) is 16.3 Å². The zero-order valence-electron chi connectivity index (χ0n) is 19.3. The van der Waals surface area contributed by atoms with Crippen LogP contribution < -0.4 is 15.2 Å². The number of unbranched alkanes of at least 4 members (excludes halogenated alkanes) is 1. The topological polar surface area (TPSA) is 92.6 Å². The Labute approximate surface area is 202 Å². The van der Waals surface area contributed by atoms with Crippen LogP contribution in [0.15, 0.2) is 53.3 Å². The number of carbonyl (C=O) groups is 1. The summed E-state index contributed by atoms with van der Waals surface area (Å²) in [5.74, 6) is 0.791. The van der Waals surface area contributed by atoms with E-state index in [1.807, 2.05) is 19.1 Å². The molecule has 0 spiro atoms. The molecule has 0 fully saturated rings. The van der Waals surface area contributed by atoms with Gasteiger partial charge in [-0.2, -0.15) is 9.50 Å². The van der Waals surface area contributed by atoms with E-state index in [0.29, 0.717) is 34.0 Å². The molecule has 2 aromatic heterocycles. The van der Waals surface area contributed by atoms with E-state index < -0.39 is 0 Å². The van der Waals surface area contributed by atoms with E-state index in [1.54, 1.807) is 43.5 Å². The number of nitrogens with one attached hydrogen (secondary N) is 1. The minimum Gasteiger partial charge on any atom is -0.497 e. The SMILES string of the molecule is CCCCc1c(C)nc2nc(N(Cc3cccc(Cl)c3)C(=O)c3ccc(OC)cc3)[nH]n2c1=O. The molecule has 0 aliphatic carbocycles. The number of aromatic nitrogens is 4. The van der Waals surface area contributed by atoms with Gasteiger partial charge in [-0.05, 0) is 61.7 Å². The Morgan fingerprint density at radius 1 is 1.18 bits per heavy atom. The Balaban J connectivity index is 1.79. The quantitative estimate of drug-likeness (QED) is 0.399. The largest absolute Gasteiger partial charge is 0.497 e. The summed E-state index contributed by atoms with van der Waals surface area (Å²) in [6.45, 7) is 4.08. The van der Waals surface area contributed by atoms with Crippen molar-refractivity contribution in [3.8, 4) is 5.75 Å². The third-order valence-electron chi connectivity index (χ3n) is 5.63. The molecule has 0 aliphatic rings. The second-order valence-electron chi connectivity index (χ2n) is 8.02. The lowest BCUT2D eigenvalue weighted by Gasteiger charge is -2.20. The van der Waals surface area contributed by atoms with Crippen LogP contribution in [0.2, 0.25) is 5.02 Å². The van der Waals surface area contributed by atoms with Crippen LogP contribution >= 0.6 is 11.6 Å². The fraction of sp³-hybridized carbons (Fsp3) is 0.280. The van der Waals surface area contributed by atoms with Crippen LogP contribution in [0.1, 0.15) is 46.9 Å². The Kier molecular flexibility index (Phi) is 6.98. The summed E-state index contributed by atoms with van der Waals surface area (Å²) >= 11 is 6.17. The summed E-state index contributed by atoms with van der Waals surface area (Å²) in [5.41, 5.74) is 2.37. The van der Waals surface area contributed by atoms with Gasteiger partial charge in [0.2, 0.25) is 5.95 Å². The van der Waals surface area contributed by atoms with Crippen molar-refractivity contribution in [1.29, 1.82) is 0 Å². The Bertz CT molecular complexity index is 1380. The van der Waals surface area contributed by atoms with Crippen molar-refractivity contribution in [2.45, 2.75) is 39.7 Å². The van der Waals surface area contributed by atoms with Crippen molar-refractivity contribution < 1.29 is 9.53 Å². The molecule has 2 heterocycles. The third-order valence-corrected chi connectivity index (χ3v) is 5.87. The second-order valence-corrected chi connectivity index (χ2v) is 8.45. The van der Waals surface area contributed by atoms with E-state index in [9.17, 15) is 9.59 Å². The predicted octanol–water partition coefficient (Wildman–Crippen LogP) is 4.58. The van der Waals surface area contributed by atoms with Crippen LogP contribution in [0.25, 0.3) is 5.78 Å². The molecule has 0 saturated heterocycles. The number of rotatable bonds is 8. The number of fused-ring (bicyclic) bond motifs is 1. The number of aromatic amines is 1. The highest BCUT2D eigenvalue weighted by atomic mass is 35.5. The van der Waals surface area contributed by atoms with E-state index >= 15 is 0 Å². The molecule has 34 heavy (non-hydrogen) atoms. The number of methoxy groups -OCH3 is 1. The van der Waals surface area contributed by atoms with Gasteiger partial charge in [-0.1, -0.05) is 37.1 Å². The summed E-state index contributed by atoms with van der Waals surface area (Å²) in [6.07, 6.45) is 2.50. The Morgan fingerprint density at radius 2 is 1.94 bits per heavy atom. The number of anilines is 1. The highest BCUT2D eigenvalue weighted by Gasteiger charge is 2.23. The van der Waals surface area contributed by atoms with Gasteiger partial charge in [-0.15, -0.1) is 0 Å². The first kappa shape index (κ1) is 23.5. The molecule has 8 nitrogen and oxygen atoms in total. The zero-order chi connectivity index (χ0) is 24.2. The predicted molar refractivity (Wildman–Crippen MR) is 132 cm³/mol. The maximum absolute atomic E-state index is 13.6. The standard InChI is InChI=1S/C25H26ClN5O3/c1-4-5-9-21-16(2)27-24-28-25(29-31(24)23(21)33)30(15-17-7-6-8-19(26)14-17)22(32)18-10-12-20(34-3)13-11-18/h6-8,10-14H,4-5,9,15H2,1-3H3,(H,27,28,29). The van der Waals surface area contributed by atoms with Crippen LogP contribution in [-0.4, -0.2) is 32.6 Å². The molecule has 0 bridgehead atoms. The first-order valence-electron chi connectivity index (χ1n) is 11.1. The van der Waals surface area contributed by atoms with Crippen molar-refractivity contribution >= 4 is 29.2 Å². The van der Waals surface area contributed by atoms with Gasteiger partial charge in [-0.25, -0.2) is 4.98 Å². The Morgan fingerprint density at radius 3 is 2.62 bits per heavy atom. The number of ether oxygens (including phenoxy) is 1. The van der Waals surface area contributed by atoms with Gasteiger partial charge >= 0.3 is 0 Å².